The molecule has 2 bridgehead atoms. The lowest BCUT2D eigenvalue weighted by Crippen LogP contribution is -2.19. The third-order valence-corrected chi connectivity index (χ3v) is 3.38. The fourth-order valence-corrected chi connectivity index (χ4v) is 2.51. The number of fused-ring (bicyclic) bond motifs is 2. The normalized spacial score (nSPS) is 40.2. The Hall–Kier alpha value is -0.660. The largest absolute Gasteiger partial charge is 0.299 e. The zero-order valence-corrected chi connectivity index (χ0v) is 6.89. The van der Waals surface area contributed by atoms with Crippen molar-refractivity contribution in [2.24, 2.45) is 17.3 Å². The molecule has 2 saturated carbocycles. The zero-order chi connectivity index (χ0) is 8.22. The highest BCUT2D eigenvalue weighted by molar-refractivity contribution is 6.01. The summed E-state index contributed by atoms with van der Waals surface area (Å²) in [6.45, 7) is 4.08. The van der Waals surface area contributed by atoms with E-state index in [0.717, 1.165) is 0 Å². The van der Waals surface area contributed by atoms with Crippen LogP contribution < -0.4 is 0 Å². The third kappa shape index (κ3) is 0.673. The van der Waals surface area contributed by atoms with Gasteiger partial charge in [0.25, 0.3) is 0 Å². The molecule has 0 N–H and O–H groups in total. The van der Waals surface area contributed by atoms with Gasteiger partial charge in [0, 0.05) is 24.7 Å². The lowest BCUT2D eigenvalue weighted by Gasteiger charge is -2.20. The van der Waals surface area contributed by atoms with E-state index in [2.05, 4.69) is 0 Å². The van der Waals surface area contributed by atoms with Crippen LogP contribution in [0.2, 0.25) is 0 Å². The molecule has 0 aromatic rings. The summed E-state index contributed by atoms with van der Waals surface area (Å²) < 4.78 is 0. The van der Waals surface area contributed by atoms with Gasteiger partial charge >= 0.3 is 0 Å². The van der Waals surface area contributed by atoms with Gasteiger partial charge < -0.3 is 0 Å². The average Bonchev–Trinajstić information content (AvgIpc) is 2.21. The van der Waals surface area contributed by atoms with Crippen LogP contribution in [0.5, 0.6) is 0 Å². The SMILES string of the molecule is CC1(C)C2CC(=O)C1CC2=O. The number of ketones is 2. The zero-order valence-electron chi connectivity index (χ0n) is 6.89. The molecule has 2 fully saturated rings. The molecular weight excluding hydrogens is 140 g/mol. The van der Waals surface area contributed by atoms with Gasteiger partial charge in [0.1, 0.15) is 11.6 Å². The molecule has 2 heteroatoms. The molecule has 0 aromatic heterocycles. The van der Waals surface area contributed by atoms with Crippen molar-refractivity contribution in [3.05, 3.63) is 0 Å². The van der Waals surface area contributed by atoms with Gasteiger partial charge in [-0.2, -0.15) is 0 Å². The number of carbonyl (C=O) groups is 2. The number of rotatable bonds is 0. The van der Waals surface area contributed by atoms with E-state index in [1.165, 1.54) is 0 Å². The summed E-state index contributed by atoms with van der Waals surface area (Å²) >= 11 is 0. The summed E-state index contributed by atoms with van der Waals surface area (Å²) in [5.41, 5.74) is -0.0336. The predicted octanol–water partition coefficient (Wildman–Crippen LogP) is 1.19. The Labute approximate surface area is 66.0 Å². The minimum Gasteiger partial charge on any atom is -0.299 e. The molecule has 0 aliphatic heterocycles. The van der Waals surface area contributed by atoms with Crippen LogP contribution in [0.15, 0.2) is 0 Å². The standard InChI is InChI=1S/C9H12O2/c1-9(2)5-3-7(10)6(9)4-8(5)11/h5-6H,3-4H2,1-2H3. The highest BCUT2D eigenvalue weighted by atomic mass is 16.1. The maximum Gasteiger partial charge on any atom is 0.137 e. The first-order valence-electron chi connectivity index (χ1n) is 4.09. The third-order valence-electron chi connectivity index (χ3n) is 3.38. The van der Waals surface area contributed by atoms with Crippen LogP contribution in [0, 0.1) is 17.3 Å². The van der Waals surface area contributed by atoms with E-state index in [1.54, 1.807) is 0 Å². The molecule has 2 atom stereocenters. The Bertz CT molecular complexity index is 216. The Balaban J connectivity index is 2.42. The monoisotopic (exact) mass is 152 g/mol. The molecule has 0 spiro atoms. The van der Waals surface area contributed by atoms with Crippen LogP contribution in [-0.2, 0) is 9.59 Å². The first kappa shape index (κ1) is 7.01. The maximum absolute atomic E-state index is 11.2. The highest BCUT2D eigenvalue weighted by Crippen LogP contribution is 2.53. The van der Waals surface area contributed by atoms with E-state index in [0.29, 0.717) is 24.4 Å². The van der Waals surface area contributed by atoms with E-state index in [9.17, 15) is 9.59 Å². The first-order valence-corrected chi connectivity index (χ1v) is 4.09. The quantitative estimate of drug-likeness (QED) is 0.522. The molecule has 11 heavy (non-hydrogen) atoms. The fourth-order valence-electron chi connectivity index (χ4n) is 2.51. The molecule has 0 amide bonds. The topological polar surface area (TPSA) is 34.1 Å². The highest BCUT2D eigenvalue weighted by Gasteiger charge is 2.57. The molecule has 60 valence electrons. The summed E-state index contributed by atoms with van der Waals surface area (Å²) in [5.74, 6) is 0.694. The van der Waals surface area contributed by atoms with Crippen LogP contribution >= 0.6 is 0 Å². The summed E-state index contributed by atoms with van der Waals surface area (Å²) in [4.78, 5) is 22.5. The van der Waals surface area contributed by atoms with E-state index >= 15 is 0 Å². The molecule has 0 heterocycles. The molecule has 2 aliphatic carbocycles. The molecular formula is C9H12O2. The van der Waals surface area contributed by atoms with Crippen molar-refractivity contribution in [2.45, 2.75) is 26.7 Å². The molecule has 2 unspecified atom stereocenters. The van der Waals surface area contributed by atoms with Crippen molar-refractivity contribution in [1.29, 1.82) is 0 Å². The van der Waals surface area contributed by atoms with Crippen molar-refractivity contribution >= 4 is 11.6 Å². The van der Waals surface area contributed by atoms with Crippen LogP contribution in [0.3, 0.4) is 0 Å². The Morgan fingerprint density at radius 2 is 1.45 bits per heavy atom. The van der Waals surface area contributed by atoms with Crippen LogP contribution in [0.25, 0.3) is 0 Å². The number of carbonyl (C=O) groups excluding carboxylic acids is 2. The maximum atomic E-state index is 11.2. The molecule has 0 aromatic carbocycles. The minimum absolute atomic E-state index is 0.0336. The van der Waals surface area contributed by atoms with E-state index < -0.39 is 0 Å². The predicted molar refractivity (Wildman–Crippen MR) is 40.0 cm³/mol. The fraction of sp³-hybridized carbons (Fsp3) is 0.778. The smallest absolute Gasteiger partial charge is 0.137 e. The van der Waals surface area contributed by atoms with Crippen molar-refractivity contribution in [1.82, 2.24) is 0 Å². The van der Waals surface area contributed by atoms with Crippen molar-refractivity contribution in [3.63, 3.8) is 0 Å². The van der Waals surface area contributed by atoms with Gasteiger partial charge in [-0.3, -0.25) is 9.59 Å². The van der Waals surface area contributed by atoms with Crippen LogP contribution in [-0.4, -0.2) is 11.6 Å². The summed E-state index contributed by atoms with van der Waals surface area (Å²) in [5, 5.41) is 0. The van der Waals surface area contributed by atoms with Gasteiger partial charge in [0.05, 0.1) is 0 Å². The Morgan fingerprint density at radius 1 is 1.09 bits per heavy atom. The van der Waals surface area contributed by atoms with Crippen LogP contribution in [0.1, 0.15) is 26.7 Å². The van der Waals surface area contributed by atoms with Gasteiger partial charge in [-0.1, -0.05) is 13.8 Å². The van der Waals surface area contributed by atoms with Crippen molar-refractivity contribution < 1.29 is 9.59 Å². The summed E-state index contributed by atoms with van der Waals surface area (Å²) in [7, 11) is 0. The second-order valence-corrected chi connectivity index (χ2v) is 4.27. The Morgan fingerprint density at radius 3 is 1.64 bits per heavy atom. The molecule has 2 rings (SSSR count). The van der Waals surface area contributed by atoms with Crippen LogP contribution in [0.4, 0.5) is 0 Å². The van der Waals surface area contributed by atoms with Crippen molar-refractivity contribution in [3.8, 4) is 0 Å². The van der Waals surface area contributed by atoms with Gasteiger partial charge in [0.2, 0.25) is 0 Å². The molecule has 0 saturated heterocycles. The minimum atomic E-state index is -0.0336. The average molecular weight is 152 g/mol. The van der Waals surface area contributed by atoms with Gasteiger partial charge in [-0.05, 0) is 5.41 Å². The van der Waals surface area contributed by atoms with E-state index in [4.69, 9.17) is 0 Å². The second kappa shape index (κ2) is 1.74. The van der Waals surface area contributed by atoms with Crippen molar-refractivity contribution in [2.75, 3.05) is 0 Å². The van der Waals surface area contributed by atoms with Gasteiger partial charge in [-0.25, -0.2) is 0 Å². The molecule has 2 nitrogen and oxygen atoms in total. The van der Waals surface area contributed by atoms with Gasteiger partial charge in [0.15, 0.2) is 0 Å². The van der Waals surface area contributed by atoms with E-state index in [-0.39, 0.29) is 17.3 Å². The molecule has 0 radical (unpaired) electrons. The van der Waals surface area contributed by atoms with Gasteiger partial charge in [-0.15, -0.1) is 0 Å². The van der Waals surface area contributed by atoms with E-state index in [1.807, 2.05) is 13.8 Å². The summed E-state index contributed by atoms with van der Waals surface area (Å²) in [6, 6.07) is 0. The lowest BCUT2D eigenvalue weighted by atomic mass is 9.82. The number of Topliss-reactive ketones (excluding diaryl/α,β-unsaturated/α-hetero) is 2. The lowest BCUT2D eigenvalue weighted by molar-refractivity contribution is -0.129. The second-order valence-electron chi connectivity index (χ2n) is 4.27. The summed E-state index contributed by atoms with van der Waals surface area (Å²) in [6.07, 6.45) is 1.02. The Kier molecular flexibility index (Phi) is 1.11. The number of hydrogen-bond donors (Lipinski definition) is 0. The number of hydrogen-bond acceptors (Lipinski definition) is 2. The molecule has 2 aliphatic rings. The first-order chi connectivity index (χ1) is 5.03.